The van der Waals surface area contributed by atoms with Crippen molar-refractivity contribution in [2.75, 3.05) is 26.2 Å². The molecule has 0 amide bonds. The highest BCUT2D eigenvalue weighted by molar-refractivity contribution is 4.67. The highest BCUT2D eigenvalue weighted by Crippen LogP contribution is 2.06. The first-order chi connectivity index (χ1) is 6.68. The van der Waals surface area contributed by atoms with Gasteiger partial charge in [-0.15, -0.1) is 0 Å². The van der Waals surface area contributed by atoms with Gasteiger partial charge in [0.25, 0.3) is 0 Å². The molecular weight excluding hydrogens is 176 g/mol. The first-order valence-electron chi connectivity index (χ1n) is 5.78. The van der Waals surface area contributed by atoms with Crippen LogP contribution in [0.4, 0.5) is 0 Å². The van der Waals surface area contributed by atoms with Crippen molar-refractivity contribution in [3.05, 3.63) is 0 Å². The van der Waals surface area contributed by atoms with Crippen LogP contribution in [0, 0.1) is 0 Å². The second-order valence-electron chi connectivity index (χ2n) is 4.46. The molecule has 2 atom stereocenters. The second kappa shape index (κ2) is 6.38. The summed E-state index contributed by atoms with van der Waals surface area (Å²) in [6.07, 6.45) is 3.91. The molecule has 0 aliphatic carbocycles. The van der Waals surface area contributed by atoms with Crippen molar-refractivity contribution in [1.82, 2.24) is 4.90 Å². The number of nitrogens with two attached hydrogens (primary N) is 1. The summed E-state index contributed by atoms with van der Waals surface area (Å²) >= 11 is 0. The SMILES string of the molecule is CC(N)CCCN1CCCOC(C)C1. The molecule has 0 spiro atoms. The van der Waals surface area contributed by atoms with E-state index in [2.05, 4.69) is 18.7 Å². The number of rotatable bonds is 4. The fourth-order valence-electron chi connectivity index (χ4n) is 1.92. The summed E-state index contributed by atoms with van der Waals surface area (Å²) < 4.78 is 5.59. The van der Waals surface area contributed by atoms with Crippen LogP contribution in [0.5, 0.6) is 0 Å². The van der Waals surface area contributed by atoms with Gasteiger partial charge in [-0.25, -0.2) is 0 Å². The molecule has 2 unspecified atom stereocenters. The number of hydrogen-bond acceptors (Lipinski definition) is 3. The van der Waals surface area contributed by atoms with Gasteiger partial charge >= 0.3 is 0 Å². The zero-order chi connectivity index (χ0) is 10.4. The molecule has 0 radical (unpaired) electrons. The van der Waals surface area contributed by atoms with Crippen LogP contribution in [-0.2, 0) is 4.74 Å². The normalized spacial score (nSPS) is 27.2. The van der Waals surface area contributed by atoms with Crippen molar-refractivity contribution in [3.63, 3.8) is 0 Å². The molecule has 0 bridgehead atoms. The molecule has 1 fully saturated rings. The van der Waals surface area contributed by atoms with Gasteiger partial charge in [-0.2, -0.15) is 0 Å². The van der Waals surface area contributed by atoms with E-state index in [1.165, 1.54) is 25.9 Å². The van der Waals surface area contributed by atoms with Crippen molar-refractivity contribution < 1.29 is 4.74 Å². The molecule has 0 aromatic heterocycles. The molecule has 3 nitrogen and oxygen atoms in total. The predicted molar refractivity (Wildman–Crippen MR) is 59.4 cm³/mol. The Morgan fingerprint density at radius 1 is 1.57 bits per heavy atom. The average molecular weight is 200 g/mol. The Labute approximate surface area is 87.6 Å². The van der Waals surface area contributed by atoms with Gasteiger partial charge in [0.05, 0.1) is 6.10 Å². The zero-order valence-electron chi connectivity index (χ0n) is 9.54. The van der Waals surface area contributed by atoms with Gasteiger partial charge in [0, 0.05) is 25.7 Å². The van der Waals surface area contributed by atoms with E-state index in [0.717, 1.165) is 19.6 Å². The molecule has 1 rings (SSSR count). The molecule has 1 saturated heterocycles. The first-order valence-corrected chi connectivity index (χ1v) is 5.78. The summed E-state index contributed by atoms with van der Waals surface area (Å²) in [6, 6.07) is 0.343. The van der Waals surface area contributed by atoms with Crippen molar-refractivity contribution in [2.24, 2.45) is 5.73 Å². The quantitative estimate of drug-likeness (QED) is 0.741. The van der Waals surface area contributed by atoms with Crippen molar-refractivity contribution in [2.45, 2.75) is 45.3 Å². The van der Waals surface area contributed by atoms with Crippen molar-refractivity contribution >= 4 is 0 Å². The van der Waals surface area contributed by atoms with E-state index in [4.69, 9.17) is 10.5 Å². The Hall–Kier alpha value is -0.120. The minimum atomic E-state index is 0.343. The van der Waals surface area contributed by atoms with E-state index in [9.17, 15) is 0 Å². The van der Waals surface area contributed by atoms with Gasteiger partial charge in [0.1, 0.15) is 0 Å². The number of hydrogen-bond donors (Lipinski definition) is 1. The average Bonchev–Trinajstić information content (AvgIpc) is 2.29. The predicted octanol–water partition coefficient (Wildman–Crippen LogP) is 1.22. The lowest BCUT2D eigenvalue weighted by Gasteiger charge is -2.21. The maximum Gasteiger partial charge on any atom is 0.0673 e. The topological polar surface area (TPSA) is 38.5 Å². The van der Waals surface area contributed by atoms with Crippen LogP contribution in [0.2, 0.25) is 0 Å². The fourth-order valence-corrected chi connectivity index (χ4v) is 1.92. The van der Waals surface area contributed by atoms with Crippen LogP contribution < -0.4 is 5.73 Å². The summed E-state index contributed by atoms with van der Waals surface area (Å²) in [6.45, 7) is 8.60. The van der Waals surface area contributed by atoms with E-state index >= 15 is 0 Å². The van der Waals surface area contributed by atoms with Crippen molar-refractivity contribution in [3.8, 4) is 0 Å². The van der Waals surface area contributed by atoms with Crippen LogP contribution in [0.15, 0.2) is 0 Å². The van der Waals surface area contributed by atoms with Crippen LogP contribution >= 0.6 is 0 Å². The molecule has 0 aromatic rings. The Morgan fingerprint density at radius 3 is 3.07 bits per heavy atom. The highest BCUT2D eigenvalue weighted by Gasteiger charge is 2.14. The summed E-state index contributed by atoms with van der Waals surface area (Å²) in [5, 5.41) is 0. The molecule has 0 saturated carbocycles. The van der Waals surface area contributed by atoms with Gasteiger partial charge < -0.3 is 15.4 Å². The molecular formula is C11H24N2O. The molecule has 3 heteroatoms. The number of nitrogens with zero attached hydrogens (tertiary/aromatic N) is 1. The van der Waals surface area contributed by atoms with E-state index in [0.29, 0.717) is 12.1 Å². The monoisotopic (exact) mass is 200 g/mol. The fraction of sp³-hybridized carbons (Fsp3) is 1.00. The molecule has 84 valence electrons. The third-order valence-corrected chi connectivity index (χ3v) is 2.67. The lowest BCUT2D eigenvalue weighted by Crippen LogP contribution is -2.31. The highest BCUT2D eigenvalue weighted by atomic mass is 16.5. The Morgan fingerprint density at radius 2 is 2.36 bits per heavy atom. The third kappa shape index (κ3) is 4.94. The minimum absolute atomic E-state index is 0.343. The van der Waals surface area contributed by atoms with E-state index in [-0.39, 0.29) is 0 Å². The van der Waals surface area contributed by atoms with E-state index in [1.54, 1.807) is 0 Å². The van der Waals surface area contributed by atoms with Gasteiger partial charge in [0.2, 0.25) is 0 Å². The van der Waals surface area contributed by atoms with Crippen LogP contribution in [0.1, 0.15) is 33.1 Å². The molecule has 1 heterocycles. The minimum Gasteiger partial charge on any atom is -0.377 e. The van der Waals surface area contributed by atoms with Crippen LogP contribution in [0.3, 0.4) is 0 Å². The Bertz CT molecular complexity index is 150. The summed E-state index contributed by atoms with van der Waals surface area (Å²) in [5.74, 6) is 0. The van der Waals surface area contributed by atoms with Crippen molar-refractivity contribution in [1.29, 1.82) is 0 Å². The van der Waals surface area contributed by atoms with Gasteiger partial charge in [-0.1, -0.05) is 0 Å². The Kier molecular flexibility index (Phi) is 5.45. The molecule has 0 aromatic carbocycles. The number of ether oxygens (including phenoxy) is 1. The van der Waals surface area contributed by atoms with Crippen LogP contribution in [-0.4, -0.2) is 43.3 Å². The maximum absolute atomic E-state index is 5.72. The molecule has 14 heavy (non-hydrogen) atoms. The summed E-state index contributed by atoms with van der Waals surface area (Å²) in [4.78, 5) is 2.50. The lowest BCUT2D eigenvalue weighted by atomic mass is 10.2. The van der Waals surface area contributed by atoms with Crippen LogP contribution in [0.25, 0.3) is 0 Å². The molecule has 1 aliphatic heterocycles. The van der Waals surface area contributed by atoms with Gasteiger partial charge in [-0.05, 0) is 39.7 Å². The zero-order valence-corrected chi connectivity index (χ0v) is 9.54. The second-order valence-corrected chi connectivity index (χ2v) is 4.46. The summed E-state index contributed by atoms with van der Waals surface area (Å²) in [7, 11) is 0. The van der Waals surface area contributed by atoms with E-state index < -0.39 is 0 Å². The standard InChI is InChI=1S/C11H24N2O/c1-10(12)5-3-6-13-7-4-8-14-11(2)9-13/h10-11H,3-9,12H2,1-2H3. The van der Waals surface area contributed by atoms with Gasteiger partial charge in [0.15, 0.2) is 0 Å². The van der Waals surface area contributed by atoms with E-state index in [1.807, 2.05) is 0 Å². The molecule has 1 aliphatic rings. The Balaban J connectivity index is 2.15. The smallest absolute Gasteiger partial charge is 0.0673 e. The maximum atomic E-state index is 5.72. The lowest BCUT2D eigenvalue weighted by molar-refractivity contribution is 0.0675. The van der Waals surface area contributed by atoms with Gasteiger partial charge in [-0.3, -0.25) is 0 Å². The first kappa shape index (κ1) is 12.0. The summed E-state index contributed by atoms with van der Waals surface area (Å²) in [5.41, 5.74) is 5.72. The third-order valence-electron chi connectivity index (χ3n) is 2.67. The molecule has 2 N–H and O–H groups in total. The largest absolute Gasteiger partial charge is 0.377 e.